The molecular weight excluding hydrogens is 265 g/mol. The first-order valence-corrected chi connectivity index (χ1v) is 3.45. The van der Waals surface area contributed by atoms with Crippen LogP contribution >= 0.6 is 0 Å². The van der Waals surface area contributed by atoms with E-state index < -0.39 is 37.0 Å². The third-order valence-electron chi connectivity index (χ3n) is 1.50. The van der Waals surface area contributed by atoms with Crippen LogP contribution in [-0.4, -0.2) is 62.5 Å². The quantitative estimate of drug-likeness (QED) is 0.314. The Labute approximate surface area is 142 Å². The summed E-state index contributed by atoms with van der Waals surface area (Å²) in [6.45, 7) is -0.863. The average molecular weight is 277 g/mol. The Bertz CT molecular complexity index is 184. The van der Waals surface area contributed by atoms with Crippen LogP contribution in [0.15, 0.2) is 0 Å². The normalized spacial score (nSPS) is 16.6. The topological polar surface area (TPSA) is 141 Å². The van der Waals surface area contributed by atoms with E-state index >= 15 is 0 Å². The van der Waals surface area contributed by atoms with E-state index in [1.807, 2.05) is 0 Å². The van der Waals surface area contributed by atoms with Gasteiger partial charge in [-0.1, -0.05) is 0 Å². The molecule has 4 unspecified atom stereocenters. The van der Waals surface area contributed by atoms with Crippen LogP contribution in [0.1, 0.15) is 0 Å². The van der Waals surface area contributed by atoms with Crippen LogP contribution < -0.4 is 76.6 Å². The molecule has 0 bridgehead atoms. The fourth-order valence-corrected chi connectivity index (χ4v) is 0.662. The van der Waals surface area contributed by atoms with Gasteiger partial charge < -0.3 is 47.8 Å². The van der Waals surface area contributed by atoms with E-state index in [9.17, 15) is 9.90 Å². The van der Waals surface area contributed by atoms with E-state index in [0.717, 1.165) is 0 Å². The molecular formula is C6H11ClNa2O7. The Balaban J connectivity index is -0.000000240. The maximum absolute atomic E-state index is 9.98. The summed E-state index contributed by atoms with van der Waals surface area (Å²) in [5.74, 6) is -1.98. The Morgan fingerprint density at radius 2 is 1.44 bits per heavy atom. The molecule has 0 saturated heterocycles. The van der Waals surface area contributed by atoms with Crippen molar-refractivity contribution in [2.75, 3.05) is 6.61 Å². The number of carboxylic acid groups (broad SMARTS) is 1. The number of hydrogen-bond donors (Lipinski definition) is 5. The van der Waals surface area contributed by atoms with E-state index in [1.165, 1.54) is 0 Å². The number of aliphatic carboxylic acids is 1. The predicted octanol–water partition coefficient (Wildman–Crippen LogP) is -13.8. The minimum Gasteiger partial charge on any atom is -1.00 e. The van der Waals surface area contributed by atoms with Gasteiger partial charge in [0.2, 0.25) is 0 Å². The van der Waals surface area contributed by atoms with Crippen molar-refractivity contribution in [3.8, 4) is 0 Å². The summed E-state index contributed by atoms with van der Waals surface area (Å²) in [5.41, 5.74) is 0. The van der Waals surface area contributed by atoms with Crippen LogP contribution in [0.3, 0.4) is 0 Å². The summed E-state index contributed by atoms with van der Waals surface area (Å²) < 4.78 is 0. The number of hydrogen-bond acceptors (Lipinski definition) is 7. The molecule has 0 aromatic carbocycles. The van der Waals surface area contributed by atoms with Gasteiger partial charge >= 0.3 is 59.1 Å². The Morgan fingerprint density at radius 1 is 1.06 bits per heavy atom. The molecule has 0 aromatic heterocycles. The van der Waals surface area contributed by atoms with Gasteiger partial charge in [-0.25, -0.2) is 0 Å². The zero-order chi connectivity index (χ0) is 10.6. The zero-order valence-corrected chi connectivity index (χ0v) is 13.7. The number of aliphatic hydroxyl groups excluding tert-OH is 5. The average Bonchev–Trinajstić information content (AvgIpc) is 2.12. The van der Waals surface area contributed by atoms with Crippen molar-refractivity contribution in [1.29, 1.82) is 0 Å². The monoisotopic (exact) mass is 276 g/mol. The fourth-order valence-electron chi connectivity index (χ4n) is 0.662. The minimum absolute atomic E-state index is 0. The minimum atomic E-state index is -2.31. The second-order valence-electron chi connectivity index (χ2n) is 2.49. The first kappa shape index (κ1) is 26.2. The van der Waals surface area contributed by atoms with Crippen molar-refractivity contribution in [2.45, 2.75) is 24.4 Å². The van der Waals surface area contributed by atoms with Gasteiger partial charge in [-0.3, -0.25) is 0 Å². The van der Waals surface area contributed by atoms with Gasteiger partial charge in [-0.2, -0.15) is 0 Å². The molecule has 86 valence electrons. The number of carbonyl (C=O) groups is 1. The van der Waals surface area contributed by atoms with Crippen molar-refractivity contribution in [1.82, 2.24) is 0 Å². The molecule has 0 heterocycles. The molecule has 0 spiro atoms. The summed E-state index contributed by atoms with van der Waals surface area (Å²) >= 11 is 0. The third kappa shape index (κ3) is 8.62. The zero-order valence-electron chi connectivity index (χ0n) is 8.95. The molecule has 16 heavy (non-hydrogen) atoms. The molecule has 4 atom stereocenters. The van der Waals surface area contributed by atoms with Crippen molar-refractivity contribution in [3.63, 3.8) is 0 Å². The second-order valence-corrected chi connectivity index (χ2v) is 2.49. The Kier molecular flexibility index (Phi) is 21.3. The maximum atomic E-state index is 9.98. The van der Waals surface area contributed by atoms with E-state index in [-0.39, 0.29) is 71.5 Å². The van der Waals surface area contributed by atoms with Gasteiger partial charge in [0.15, 0.2) is 0 Å². The molecule has 7 nitrogen and oxygen atoms in total. The maximum Gasteiger partial charge on any atom is 1.00 e. The standard InChI is InChI=1S/C6H12O7.ClH.2Na/c7-1-2(8)3(9)4(10)5(11)6(12)13;;;/h2-5,7-11H,1H2,(H,12,13);1H;;/q;;2*+1/p-2. The fraction of sp³-hybridized carbons (Fsp3) is 0.833. The molecule has 0 aromatic rings. The van der Waals surface area contributed by atoms with Crippen molar-refractivity contribution < 1.29 is 107 Å². The molecule has 0 rings (SSSR count). The summed E-state index contributed by atoms with van der Waals surface area (Å²) in [6, 6.07) is 0. The molecule has 0 radical (unpaired) electrons. The molecule has 10 heteroatoms. The molecule has 0 aliphatic carbocycles. The third-order valence-corrected chi connectivity index (χ3v) is 1.50. The van der Waals surface area contributed by atoms with E-state index in [2.05, 4.69) is 0 Å². The smallest absolute Gasteiger partial charge is 1.00 e. The van der Waals surface area contributed by atoms with E-state index in [4.69, 9.17) is 25.5 Å². The van der Waals surface area contributed by atoms with Gasteiger partial charge in [-0.05, 0) is 0 Å². The van der Waals surface area contributed by atoms with Crippen LogP contribution in [0.25, 0.3) is 0 Å². The number of carboxylic acids is 1. The Hall–Kier alpha value is 1.56. The van der Waals surface area contributed by atoms with E-state index in [1.54, 1.807) is 0 Å². The van der Waals surface area contributed by atoms with Crippen LogP contribution in [0.5, 0.6) is 0 Å². The van der Waals surface area contributed by atoms with Crippen molar-refractivity contribution >= 4 is 5.97 Å². The van der Waals surface area contributed by atoms with Crippen LogP contribution in [0, 0.1) is 0 Å². The molecule has 0 fully saturated rings. The SMILES string of the molecule is O=C([O-])C(O)C(O)C(O)C(O)CO.[Cl-].[Na+].[Na+]. The van der Waals surface area contributed by atoms with Gasteiger partial charge in [0.25, 0.3) is 0 Å². The van der Waals surface area contributed by atoms with Crippen molar-refractivity contribution in [2.24, 2.45) is 0 Å². The second kappa shape index (κ2) is 13.0. The summed E-state index contributed by atoms with van der Waals surface area (Å²) in [7, 11) is 0. The van der Waals surface area contributed by atoms with Gasteiger partial charge in [0.1, 0.15) is 24.4 Å². The summed E-state index contributed by atoms with van der Waals surface area (Å²) in [6.07, 6.45) is -8.08. The van der Waals surface area contributed by atoms with Crippen LogP contribution in [0.4, 0.5) is 0 Å². The molecule has 0 saturated carbocycles. The molecule has 5 N–H and O–H groups in total. The predicted molar refractivity (Wildman–Crippen MR) is 36.1 cm³/mol. The van der Waals surface area contributed by atoms with Gasteiger partial charge in [0.05, 0.1) is 12.6 Å². The van der Waals surface area contributed by atoms with Crippen LogP contribution in [-0.2, 0) is 4.79 Å². The number of rotatable bonds is 5. The largest absolute Gasteiger partial charge is 1.00 e. The summed E-state index contributed by atoms with van der Waals surface area (Å²) in [5, 5.41) is 53.4. The number of aliphatic hydroxyl groups is 5. The molecule has 0 aliphatic rings. The summed E-state index contributed by atoms with van der Waals surface area (Å²) in [4.78, 5) is 9.98. The first-order chi connectivity index (χ1) is 5.91. The van der Waals surface area contributed by atoms with Crippen molar-refractivity contribution in [3.05, 3.63) is 0 Å². The van der Waals surface area contributed by atoms with Crippen LogP contribution in [0.2, 0.25) is 0 Å². The first-order valence-electron chi connectivity index (χ1n) is 3.45. The van der Waals surface area contributed by atoms with Gasteiger partial charge in [0, 0.05) is 0 Å². The molecule has 0 aliphatic heterocycles. The van der Waals surface area contributed by atoms with E-state index in [0.29, 0.717) is 0 Å². The van der Waals surface area contributed by atoms with Gasteiger partial charge in [-0.15, -0.1) is 0 Å². The number of halogens is 1. The Morgan fingerprint density at radius 3 is 1.69 bits per heavy atom. The number of carbonyl (C=O) groups excluding carboxylic acids is 1. The molecule has 0 amide bonds.